The zero-order chi connectivity index (χ0) is 24.8. The van der Waals surface area contributed by atoms with E-state index in [9.17, 15) is 9.90 Å². The maximum absolute atomic E-state index is 13.7. The summed E-state index contributed by atoms with van der Waals surface area (Å²) in [5, 5.41) is 11.0. The van der Waals surface area contributed by atoms with Crippen LogP contribution in [0.5, 0.6) is 11.5 Å². The Morgan fingerprint density at radius 1 is 1.09 bits per heavy atom. The Morgan fingerprint density at radius 2 is 1.83 bits per heavy atom. The Kier molecular flexibility index (Phi) is 8.05. The number of ether oxygens (including phenoxy) is 2. The van der Waals surface area contributed by atoms with Gasteiger partial charge in [-0.05, 0) is 49.7 Å². The standard InChI is InChI=1S/C27H34N4O4/c1-4-35-22-10-8-21(9-11-22)26(25-23(32)19-20(2)31(27(25)33)17-18-34-3)30-15-13-29(14-16-30)24-7-5-6-12-28-24/h5-12,19,26,32H,4,13-18H2,1-3H3/t26-/m0/s1. The molecule has 0 unspecified atom stereocenters. The highest BCUT2D eigenvalue weighted by Gasteiger charge is 2.31. The summed E-state index contributed by atoms with van der Waals surface area (Å²) >= 11 is 0. The molecule has 0 spiro atoms. The van der Waals surface area contributed by atoms with Crippen LogP contribution < -0.4 is 15.2 Å². The third-order valence-electron chi connectivity index (χ3n) is 6.47. The smallest absolute Gasteiger partial charge is 0.259 e. The highest BCUT2D eigenvalue weighted by atomic mass is 16.5. The first kappa shape index (κ1) is 24.8. The van der Waals surface area contributed by atoms with Gasteiger partial charge >= 0.3 is 0 Å². The molecule has 1 aromatic carbocycles. The lowest BCUT2D eigenvalue weighted by atomic mass is 9.95. The van der Waals surface area contributed by atoms with Crippen LogP contribution in [0, 0.1) is 6.92 Å². The fourth-order valence-electron chi connectivity index (χ4n) is 4.71. The Labute approximate surface area is 206 Å². The summed E-state index contributed by atoms with van der Waals surface area (Å²) in [6.45, 7) is 8.20. The number of aromatic nitrogens is 2. The van der Waals surface area contributed by atoms with E-state index in [1.165, 1.54) is 0 Å². The van der Waals surface area contributed by atoms with Gasteiger partial charge in [0.05, 0.1) is 24.8 Å². The van der Waals surface area contributed by atoms with E-state index in [0.717, 1.165) is 43.3 Å². The summed E-state index contributed by atoms with van der Waals surface area (Å²) in [6, 6.07) is 15.0. The van der Waals surface area contributed by atoms with Crippen molar-refractivity contribution in [3.63, 3.8) is 0 Å². The first-order valence-corrected chi connectivity index (χ1v) is 12.1. The molecule has 1 fully saturated rings. The van der Waals surface area contributed by atoms with Crippen LogP contribution >= 0.6 is 0 Å². The molecule has 4 rings (SSSR count). The Morgan fingerprint density at radius 3 is 2.46 bits per heavy atom. The van der Waals surface area contributed by atoms with Crippen LogP contribution in [0.15, 0.2) is 59.5 Å². The van der Waals surface area contributed by atoms with Gasteiger partial charge in [0.1, 0.15) is 17.3 Å². The van der Waals surface area contributed by atoms with Crippen LogP contribution in [0.3, 0.4) is 0 Å². The molecule has 3 heterocycles. The minimum atomic E-state index is -0.390. The normalized spacial score (nSPS) is 15.2. The number of pyridine rings is 2. The fraction of sp³-hybridized carbons (Fsp3) is 0.407. The number of rotatable bonds is 9. The molecule has 0 saturated carbocycles. The topological polar surface area (TPSA) is 80.1 Å². The lowest BCUT2D eigenvalue weighted by molar-refractivity contribution is 0.183. The maximum Gasteiger partial charge on any atom is 0.259 e. The summed E-state index contributed by atoms with van der Waals surface area (Å²) < 4.78 is 12.5. The van der Waals surface area contributed by atoms with Crippen LogP contribution in [0.1, 0.15) is 29.8 Å². The third kappa shape index (κ3) is 5.49. The van der Waals surface area contributed by atoms with Crippen molar-refractivity contribution >= 4 is 5.82 Å². The second kappa shape index (κ2) is 11.4. The van der Waals surface area contributed by atoms with Gasteiger partial charge < -0.3 is 24.0 Å². The molecule has 0 aliphatic carbocycles. The molecule has 0 bridgehead atoms. The highest BCUT2D eigenvalue weighted by molar-refractivity contribution is 5.43. The maximum atomic E-state index is 13.7. The quantitative estimate of drug-likeness (QED) is 0.506. The molecule has 1 atom stereocenters. The van der Waals surface area contributed by atoms with Gasteiger partial charge in [0, 0.05) is 51.7 Å². The molecule has 8 nitrogen and oxygen atoms in total. The SMILES string of the molecule is CCOc1ccc([C@@H](c2c(O)cc(C)n(CCOC)c2=O)N2CCN(c3ccccn3)CC2)cc1. The molecule has 1 N–H and O–H groups in total. The number of hydrogen-bond donors (Lipinski definition) is 1. The van der Waals surface area contributed by atoms with E-state index in [1.54, 1.807) is 23.9 Å². The van der Waals surface area contributed by atoms with Gasteiger partial charge in [-0.25, -0.2) is 4.98 Å². The number of anilines is 1. The fourth-order valence-corrected chi connectivity index (χ4v) is 4.71. The summed E-state index contributed by atoms with van der Waals surface area (Å²) in [4.78, 5) is 22.7. The molecular formula is C27H34N4O4. The van der Waals surface area contributed by atoms with Crippen molar-refractivity contribution in [3.8, 4) is 11.5 Å². The van der Waals surface area contributed by atoms with Crippen LogP contribution in [-0.4, -0.2) is 66.1 Å². The van der Waals surface area contributed by atoms with E-state index in [0.29, 0.717) is 31.0 Å². The van der Waals surface area contributed by atoms with Crippen molar-refractivity contribution in [1.29, 1.82) is 0 Å². The summed E-state index contributed by atoms with van der Waals surface area (Å²) in [5.41, 5.74) is 1.85. The molecule has 0 amide bonds. The van der Waals surface area contributed by atoms with E-state index in [2.05, 4.69) is 14.8 Å². The molecule has 1 aliphatic heterocycles. The number of nitrogens with zero attached hydrogens (tertiary/aromatic N) is 4. The lowest BCUT2D eigenvalue weighted by Crippen LogP contribution is -2.49. The predicted molar refractivity (Wildman–Crippen MR) is 136 cm³/mol. The van der Waals surface area contributed by atoms with Crippen molar-refractivity contribution in [2.45, 2.75) is 26.4 Å². The monoisotopic (exact) mass is 478 g/mol. The number of hydrogen-bond acceptors (Lipinski definition) is 7. The van der Waals surface area contributed by atoms with Crippen LogP contribution in [0.4, 0.5) is 5.82 Å². The van der Waals surface area contributed by atoms with E-state index in [-0.39, 0.29) is 11.3 Å². The van der Waals surface area contributed by atoms with Crippen molar-refractivity contribution in [1.82, 2.24) is 14.5 Å². The van der Waals surface area contributed by atoms with Gasteiger partial charge in [0.15, 0.2) is 0 Å². The summed E-state index contributed by atoms with van der Waals surface area (Å²) in [6.07, 6.45) is 1.80. The lowest BCUT2D eigenvalue weighted by Gasteiger charge is -2.40. The zero-order valence-corrected chi connectivity index (χ0v) is 20.7. The van der Waals surface area contributed by atoms with Crippen molar-refractivity contribution in [2.24, 2.45) is 0 Å². The molecule has 8 heteroatoms. The average Bonchev–Trinajstić information content (AvgIpc) is 2.88. The number of methoxy groups -OCH3 is 1. The van der Waals surface area contributed by atoms with Gasteiger partial charge in [-0.1, -0.05) is 18.2 Å². The molecule has 2 aromatic heterocycles. The van der Waals surface area contributed by atoms with Crippen molar-refractivity contribution < 1.29 is 14.6 Å². The molecular weight excluding hydrogens is 444 g/mol. The second-order valence-electron chi connectivity index (χ2n) is 8.65. The van der Waals surface area contributed by atoms with Gasteiger partial charge in [-0.15, -0.1) is 0 Å². The molecule has 1 aliphatic rings. The van der Waals surface area contributed by atoms with E-state index in [1.807, 2.05) is 56.3 Å². The highest BCUT2D eigenvalue weighted by Crippen LogP contribution is 2.34. The Balaban J connectivity index is 1.71. The minimum absolute atomic E-state index is 0.0206. The van der Waals surface area contributed by atoms with Gasteiger partial charge in [-0.3, -0.25) is 9.69 Å². The molecule has 0 radical (unpaired) electrons. The molecule has 3 aromatic rings. The number of piperazine rings is 1. The Bertz CT molecular complexity index is 1160. The average molecular weight is 479 g/mol. The minimum Gasteiger partial charge on any atom is -0.507 e. The second-order valence-corrected chi connectivity index (χ2v) is 8.65. The molecule has 35 heavy (non-hydrogen) atoms. The first-order valence-electron chi connectivity index (χ1n) is 12.1. The van der Waals surface area contributed by atoms with Crippen molar-refractivity contribution in [3.05, 3.63) is 81.9 Å². The van der Waals surface area contributed by atoms with Gasteiger partial charge in [0.2, 0.25) is 0 Å². The molecule has 186 valence electrons. The number of aryl methyl sites for hydroxylation is 1. The zero-order valence-electron chi connectivity index (χ0n) is 20.7. The Hall–Kier alpha value is -3.36. The summed E-state index contributed by atoms with van der Waals surface area (Å²) in [5.74, 6) is 1.75. The van der Waals surface area contributed by atoms with Gasteiger partial charge in [-0.2, -0.15) is 0 Å². The molecule has 1 saturated heterocycles. The van der Waals surface area contributed by atoms with E-state index < -0.39 is 6.04 Å². The van der Waals surface area contributed by atoms with E-state index >= 15 is 0 Å². The van der Waals surface area contributed by atoms with Crippen LogP contribution in [0.25, 0.3) is 0 Å². The van der Waals surface area contributed by atoms with Crippen LogP contribution in [0.2, 0.25) is 0 Å². The largest absolute Gasteiger partial charge is 0.507 e. The third-order valence-corrected chi connectivity index (χ3v) is 6.47. The number of aromatic hydroxyl groups is 1. The first-order chi connectivity index (χ1) is 17.0. The van der Waals surface area contributed by atoms with E-state index in [4.69, 9.17) is 9.47 Å². The van der Waals surface area contributed by atoms with Gasteiger partial charge in [0.25, 0.3) is 5.56 Å². The van der Waals surface area contributed by atoms with Crippen LogP contribution in [-0.2, 0) is 11.3 Å². The number of benzene rings is 1. The summed E-state index contributed by atoms with van der Waals surface area (Å²) in [7, 11) is 1.62. The van der Waals surface area contributed by atoms with Crippen molar-refractivity contribution in [2.75, 3.05) is 51.4 Å². The predicted octanol–water partition coefficient (Wildman–Crippen LogP) is 3.21.